The van der Waals surface area contributed by atoms with E-state index < -0.39 is 0 Å². The molecule has 0 N–H and O–H groups in total. The number of hydrogen-bond donors (Lipinski definition) is 0. The van der Waals surface area contributed by atoms with Gasteiger partial charge in [0.25, 0.3) is 0 Å². The van der Waals surface area contributed by atoms with Crippen molar-refractivity contribution in [2.24, 2.45) is 5.92 Å². The van der Waals surface area contributed by atoms with E-state index in [1.807, 2.05) is 0 Å². The lowest BCUT2D eigenvalue weighted by molar-refractivity contribution is -0.153. The number of carbonyl (C=O) groups is 1. The maximum Gasteiger partial charge on any atom is 0.311 e. The molecule has 0 amide bonds. The van der Waals surface area contributed by atoms with Crippen LogP contribution in [0.4, 0.5) is 0 Å². The van der Waals surface area contributed by atoms with Crippen LogP contribution in [0, 0.1) is 5.92 Å². The van der Waals surface area contributed by atoms with Crippen LogP contribution in [-0.4, -0.2) is 38.0 Å². The van der Waals surface area contributed by atoms with Crippen LogP contribution < -0.4 is 0 Å². The summed E-state index contributed by atoms with van der Waals surface area (Å²) in [6.07, 6.45) is 3.58. The molecule has 4 heteroatoms. The van der Waals surface area contributed by atoms with Crippen LogP contribution in [0.2, 0.25) is 0 Å². The summed E-state index contributed by atoms with van der Waals surface area (Å²) < 4.78 is 15.7. The minimum absolute atomic E-state index is 0.0638. The molecule has 0 radical (unpaired) electrons. The van der Waals surface area contributed by atoms with Gasteiger partial charge in [-0.15, -0.1) is 0 Å². The van der Waals surface area contributed by atoms with E-state index in [2.05, 4.69) is 6.58 Å². The number of fused-ring (bicyclic) bond motifs is 1. The zero-order valence-corrected chi connectivity index (χ0v) is 8.85. The van der Waals surface area contributed by atoms with Gasteiger partial charge in [-0.05, 0) is 6.42 Å². The summed E-state index contributed by atoms with van der Waals surface area (Å²) in [4.78, 5) is 11.7. The van der Waals surface area contributed by atoms with Crippen LogP contribution in [0.1, 0.15) is 12.8 Å². The fourth-order valence-corrected chi connectivity index (χ4v) is 2.15. The molecule has 84 valence electrons. The molecule has 1 saturated heterocycles. The smallest absolute Gasteiger partial charge is 0.311 e. The van der Waals surface area contributed by atoms with Crippen LogP contribution >= 0.6 is 0 Å². The van der Waals surface area contributed by atoms with Crippen LogP contribution in [0.15, 0.2) is 12.7 Å². The monoisotopic (exact) mass is 212 g/mol. The Morgan fingerprint density at radius 2 is 2.27 bits per heavy atom. The second kappa shape index (κ2) is 4.33. The van der Waals surface area contributed by atoms with E-state index in [0.29, 0.717) is 6.10 Å². The highest BCUT2D eigenvalue weighted by molar-refractivity contribution is 5.73. The van der Waals surface area contributed by atoms with Gasteiger partial charge in [-0.2, -0.15) is 0 Å². The van der Waals surface area contributed by atoms with Crippen molar-refractivity contribution in [3.63, 3.8) is 0 Å². The SMILES string of the molecule is C=CCOC(=O)C1CC2OC2CC1OC. The Labute approximate surface area is 89.2 Å². The Kier molecular flexibility index (Phi) is 3.07. The molecule has 1 aliphatic carbocycles. The first kappa shape index (κ1) is 10.6. The van der Waals surface area contributed by atoms with Crippen LogP contribution in [0.25, 0.3) is 0 Å². The number of epoxide rings is 1. The van der Waals surface area contributed by atoms with Crippen molar-refractivity contribution in [3.05, 3.63) is 12.7 Å². The van der Waals surface area contributed by atoms with Gasteiger partial charge in [-0.3, -0.25) is 4.79 Å². The van der Waals surface area contributed by atoms with Crippen LogP contribution in [0.5, 0.6) is 0 Å². The van der Waals surface area contributed by atoms with Gasteiger partial charge in [-0.25, -0.2) is 0 Å². The number of methoxy groups -OCH3 is 1. The van der Waals surface area contributed by atoms with Gasteiger partial charge in [0.15, 0.2) is 0 Å². The zero-order chi connectivity index (χ0) is 10.8. The van der Waals surface area contributed by atoms with E-state index in [-0.39, 0.29) is 30.7 Å². The highest BCUT2D eigenvalue weighted by Gasteiger charge is 2.51. The molecule has 0 bridgehead atoms. The summed E-state index contributed by atoms with van der Waals surface area (Å²) >= 11 is 0. The predicted molar refractivity (Wildman–Crippen MR) is 53.3 cm³/mol. The molecular formula is C11H16O4. The van der Waals surface area contributed by atoms with Gasteiger partial charge in [0.2, 0.25) is 0 Å². The van der Waals surface area contributed by atoms with Crippen molar-refractivity contribution < 1.29 is 19.0 Å². The summed E-state index contributed by atoms with van der Waals surface area (Å²) in [7, 11) is 1.63. The first-order chi connectivity index (χ1) is 7.26. The standard InChI is InChI=1S/C11H16O4/c1-3-4-14-11(12)7-5-9-10(15-9)6-8(7)13-2/h3,7-10H,1,4-6H2,2H3. The lowest BCUT2D eigenvalue weighted by atomic mass is 9.86. The average Bonchev–Trinajstić information content (AvgIpc) is 3.01. The third kappa shape index (κ3) is 2.21. The number of carbonyl (C=O) groups excluding carboxylic acids is 1. The molecule has 0 aromatic rings. The van der Waals surface area contributed by atoms with Crippen molar-refractivity contribution >= 4 is 5.97 Å². The van der Waals surface area contributed by atoms with Gasteiger partial charge in [0, 0.05) is 13.5 Å². The normalized spacial score (nSPS) is 37.9. The molecule has 0 aromatic carbocycles. The number of hydrogen-bond acceptors (Lipinski definition) is 4. The van der Waals surface area contributed by atoms with E-state index in [0.717, 1.165) is 12.8 Å². The molecule has 2 aliphatic rings. The maximum absolute atomic E-state index is 11.7. The Hall–Kier alpha value is -0.870. The molecule has 4 unspecified atom stereocenters. The van der Waals surface area contributed by atoms with Crippen LogP contribution in [-0.2, 0) is 19.0 Å². The van der Waals surface area contributed by atoms with E-state index in [1.165, 1.54) is 0 Å². The lowest BCUT2D eigenvalue weighted by Gasteiger charge is -2.26. The highest BCUT2D eigenvalue weighted by atomic mass is 16.6. The Morgan fingerprint density at radius 1 is 1.53 bits per heavy atom. The molecule has 15 heavy (non-hydrogen) atoms. The number of rotatable bonds is 4. The van der Waals surface area contributed by atoms with Gasteiger partial charge in [0.1, 0.15) is 6.61 Å². The highest BCUT2D eigenvalue weighted by Crippen LogP contribution is 2.41. The Bertz CT molecular complexity index is 263. The first-order valence-corrected chi connectivity index (χ1v) is 5.22. The van der Waals surface area contributed by atoms with E-state index >= 15 is 0 Å². The Morgan fingerprint density at radius 3 is 2.93 bits per heavy atom. The second-order valence-electron chi connectivity index (χ2n) is 3.98. The fraction of sp³-hybridized carbons (Fsp3) is 0.727. The van der Waals surface area contributed by atoms with Crippen molar-refractivity contribution in [3.8, 4) is 0 Å². The predicted octanol–water partition coefficient (Wildman–Crippen LogP) is 0.908. The quantitative estimate of drug-likeness (QED) is 0.395. The molecule has 1 heterocycles. The molecule has 4 nitrogen and oxygen atoms in total. The number of ether oxygens (including phenoxy) is 3. The van der Waals surface area contributed by atoms with Crippen molar-refractivity contribution in [2.75, 3.05) is 13.7 Å². The Balaban J connectivity index is 1.92. The average molecular weight is 212 g/mol. The summed E-state index contributed by atoms with van der Waals surface area (Å²) in [5, 5.41) is 0. The molecule has 1 aliphatic heterocycles. The molecule has 2 fully saturated rings. The second-order valence-corrected chi connectivity index (χ2v) is 3.98. The van der Waals surface area contributed by atoms with Gasteiger partial charge >= 0.3 is 5.97 Å². The minimum atomic E-state index is -0.198. The van der Waals surface area contributed by atoms with Gasteiger partial charge in [0.05, 0.1) is 24.2 Å². The van der Waals surface area contributed by atoms with E-state index in [1.54, 1.807) is 13.2 Å². The summed E-state index contributed by atoms with van der Waals surface area (Å²) in [6, 6.07) is 0. The number of esters is 1. The third-order valence-electron chi connectivity index (χ3n) is 3.04. The lowest BCUT2D eigenvalue weighted by Crippen LogP contribution is -2.37. The zero-order valence-electron chi connectivity index (χ0n) is 8.85. The largest absolute Gasteiger partial charge is 0.461 e. The fourth-order valence-electron chi connectivity index (χ4n) is 2.15. The summed E-state index contributed by atoms with van der Waals surface area (Å²) in [6.45, 7) is 3.77. The topological polar surface area (TPSA) is 48.1 Å². The van der Waals surface area contributed by atoms with Gasteiger partial charge < -0.3 is 14.2 Å². The molecule has 2 rings (SSSR count). The maximum atomic E-state index is 11.7. The van der Waals surface area contributed by atoms with Crippen molar-refractivity contribution in [1.82, 2.24) is 0 Å². The summed E-state index contributed by atoms with van der Waals surface area (Å²) in [5.41, 5.74) is 0. The van der Waals surface area contributed by atoms with E-state index in [9.17, 15) is 4.79 Å². The minimum Gasteiger partial charge on any atom is -0.461 e. The first-order valence-electron chi connectivity index (χ1n) is 5.22. The van der Waals surface area contributed by atoms with Gasteiger partial charge in [-0.1, -0.05) is 12.7 Å². The molecule has 4 atom stereocenters. The molecule has 0 spiro atoms. The third-order valence-corrected chi connectivity index (χ3v) is 3.04. The molecular weight excluding hydrogens is 196 g/mol. The van der Waals surface area contributed by atoms with Crippen molar-refractivity contribution in [1.29, 1.82) is 0 Å². The van der Waals surface area contributed by atoms with Crippen molar-refractivity contribution in [2.45, 2.75) is 31.2 Å². The van der Waals surface area contributed by atoms with Crippen LogP contribution in [0.3, 0.4) is 0 Å². The molecule has 1 saturated carbocycles. The molecule has 0 aromatic heterocycles. The van der Waals surface area contributed by atoms with E-state index in [4.69, 9.17) is 14.2 Å². The summed E-state index contributed by atoms with van der Waals surface area (Å²) in [5.74, 6) is -0.380.